The Balaban J connectivity index is 1.91. The van der Waals surface area contributed by atoms with E-state index in [1.54, 1.807) is 0 Å². The predicted molar refractivity (Wildman–Crippen MR) is 69.6 cm³/mol. The van der Waals surface area contributed by atoms with Crippen LogP contribution >= 0.6 is 0 Å². The summed E-state index contributed by atoms with van der Waals surface area (Å²) < 4.78 is 0. The van der Waals surface area contributed by atoms with Crippen molar-refractivity contribution < 1.29 is 4.79 Å². The van der Waals surface area contributed by atoms with Gasteiger partial charge in [0.05, 0.1) is 5.54 Å². The number of nitrogens with zero attached hydrogens (tertiary/aromatic N) is 1. The summed E-state index contributed by atoms with van der Waals surface area (Å²) >= 11 is 0. The minimum absolute atomic E-state index is 0.137. The van der Waals surface area contributed by atoms with Crippen LogP contribution in [0.5, 0.6) is 0 Å². The van der Waals surface area contributed by atoms with Gasteiger partial charge < -0.3 is 10.6 Å². The lowest BCUT2D eigenvalue weighted by Gasteiger charge is -2.35. The van der Waals surface area contributed by atoms with Crippen LogP contribution in [0.4, 0.5) is 0 Å². The van der Waals surface area contributed by atoms with Crippen LogP contribution in [0.3, 0.4) is 0 Å². The molecule has 3 heteroatoms. The molecule has 2 N–H and O–H groups in total. The lowest BCUT2D eigenvalue weighted by Crippen LogP contribution is -2.51. The molecule has 3 nitrogen and oxygen atoms in total. The van der Waals surface area contributed by atoms with Gasteiger partial charge >= 0.3 is 0 Å². The van der Waals surface area contributed by atoms with Gasteiger partial charge in [-0.25, -0.2) is 0 Å². The first-order valence-electron chi connectivity index (χ1n) is 7.08. The zero-order valence-electron chi connectivity index (χ0n) is 11.2. The van der Waals surface area contributed by atoms with Crippen LogP contribution in [-0.4, -0.2) is 28.9 Å². The molecular formula is C14H26N2O. The SMILES string of the molecule is CC1(C)C(N)CCN1C(=O)CC1CCCCC1. The van der Waals surface area contributed by atoms with Crippen molar-refractivity contribution in [3.63, 3.8) is 0 Å². The van der Waals surface area contributed by atoms with Crippen molar-refractivity contribution in [3.8, 4) is 0 Å². The molecule has 98 valence electrons. The van der Waals surface area contributed by atoms with Gasteiger partial charge in [0.1, 0.15) is 0 Å². The Bertz CT molecular complexity index is 282. The van der Waals surface area contributed by atoms with E-state index < -0.39 is 0 Å². The van der Waals surface area contributed by atoms with Crippen molar-refractivity contribution >= 4 is 5.91 Å². The molecule has 0 radical (unpaired) electrons. The number of carbonyl (C=O) groups is 1. The second-order valence-electron chi connectivity index (χ2n) is 6.30. The number of likely N-dealkylation sites (tertiary alicyclic amines) is 1. The second kappa shape index (κ2) is 4.97. The van der Waals surface area contributed by atoms with Gasteiger partial charge in [-0.15, -0.1) is 0 Å². The second-order valence-corrected chi connectivity index (χ2v) is 6.30. The topological polar surface area (TPSA) is 46.3 Å². The summed E-state index contributed by atoms with van der Waals surface area (Å²) in [7, 11) is 0. The highest BCUT2D eigenvalue weighted by molar-refractivity contribution is 5.77. The molecule has 2 rings (SSSR count). The first-order valence-corrected chi connectivity index (χ1v) is 7.08. The van der Waals surface area contributed by atoms with Crippen molar-refractivity contribution in [2.45, 2.75) is 70.4 Å². The van der Waals surface area contributed by atoms with Crippen molar-refractivity contribution in [3.05, 3.63) is 0 Å². The molecule has 0 aromatic rings. The van der Waals surface area contributed by atoms with Gasteiger partial charge in [-0.3, -0.25) is 4.79 Å². The standard InChI is InChI=1S/C14H26N2O/c1-14(2)12(15)8-9-16(14)13(17)10-11-6-4-3-5-7-11/h11-12H,3-10,15H2,1-2H3. The van der Waals surface area contributed by atoms with E-state index in [0.29, 0.717) is 11.8 Å². The van der Waals surface area contributed by atoms with E-state index in [0.717, 1.165) is 19.4 Å². The average Bonchev–Trinajstić information content (AvgIpc) is 2.55. The minimum Gasteiger partial charge on any atom is -0.336 e. The summed E-state index contributed by atoms with van der Waals surface area (Å²) in [5, 5.41) is 0. The van der Waals surface area contributed by atoms with Crippen molar-refractivity contribution in [2.75, 3.05) is 6.54 Å². The number of hydrogen-bond acceptors (Lipinski definition) is 2. The van der Waals surface area contributed by atoms with Crippen molar-refractivity contribution in [1.29, 1.82) is 0 Å². The maximum atomic E-state index is 12.3. The smallest absolute Gasteiger partial charge is 0.223 e. The highest BCUT2D eigenvalue weighted by Gasteiger charge is 2.41. The Kier molecular flexibility index (Phi) is 3.76. The van der Waals surface area contributed by atoms with E-state index in [9.17, 15) is 4.79 Å². The van der Waals surface area contributed by atoms with E-state index in [2.05, 4.69) is 13.8 Å². The summed E-state index contributed by atoms with van der Waals surface area (Å²) in [5.41, 5.74) is 5.93. The van der Waals surface area contributed by atoms with E-state index in [1.807, 2.05) is 4.90 Å². The predicted octanol–water partition coefficient (Wildman–Crippen LogP) is 2.29. The van der Waals surface area contributed by atoms with Crippen LogP contribution in [0, 0.1) is 5.92 Å². The third-order valence-electron chi connectivity index (χ3n) is 4.76. The molecule has 1 unspecified atom stereocenters. The molecule has 1 amide bonds. The molecule has 2 fully saturated rings. The number of nitrogens with two attached hydrogens (primary N) is 1. The van der Waals surface area contributed by atoms with Crippen LogP contribution in [0.15, 0.2) is 0 Å². The zero-order valence-corrected chi connectivity index (χ0v) is 11.2. The van der Waals surface area contributed by atoms with Crippen molar-refractivity contribution in [1.82, 2.24) is 4.90 Å². The maximum absolute atomic E-state index is 12.3. The fourth-order valence-electron chi connectivity index (χ4n) is 3.30. The summed E-state index contributed by atoms with van der Waals surface area (Å²) in [6.45, 7) is 5.05. The van der Waals surface area contributed by atoms with E-state index in [4.69, 9.17) is 5.73 Å². The van der Waals surface area contributed by atoms with E-state index >= 15 is 0 Å². The molecule has 1 heterocycles. The molecule has 1 saturated carbocycles. The van der Waals surface area contributed by atoms with Crippen LogP contribution in [-0.2, 0) is 4.79 Å². The number of rotatable bonds is 2. The molecule has 0 bridgehead atoms. The fraction of sp³-hybridized carbons (Fsp3) is 0.929. The Morgan fingerprint density at radius 3 is 2.41 bits per heavy atom. The quantitative estimate of drug-likeness (QED) is 0.802. The minimum atomic E-state index is -0.147. The van der Waals surface area contributed by atoms with Gasteiger partial charge in [-0.05, 0) is 39.0 Å². The molecule has 1 aliphatic carbocycles. The zero-order chi connectivity index (χ0) is 12.5. The van der Waals surface area contributed by atoms with Gasteiger partial charge in [0, 0.05) is 19.0 Å². The van der Waals surface area contributed by atoms with Crippen LogP contribution in [0.2, 0.25) is 0 Å². The van der Waals surface area contributed by atoms with Gasteiger partial charge in [0.25, 0.3) is 0 Å². The summed E-state index contributed by atoms with van der Waals surface area (Å²) in [4.78, 5) is 14.4. The van der Waals surface area contributed by atoms with Crippen LogP contribution in [0.1, 0.15) is 58.8 Å². The van der Waals surface area contributed by atoms with Gasteiger partial charge in [0.15, 0.2) is 0 Å². The normalized spacial score (nSPS) is 29.6. The summed E-state index contributed by atoms with van der Waals surface area (Å²) in [6.07, 6.45) is 8.14. The van der Waals surface area contributed by atoms with E-state index in [1.165, 1.54) is 32.1 Å². The van der Waals surface area contributed by atoms with E-state index in [-0.39, 0.29) is 11.6 Å². The number of amides is 1. The molecule has 17 heavy (non-hydrogen) atoms. The Labute approximate surface area is 105 Å². The Morgan fingerprint density at radius 2 is 1.88 bits per heavy atom. The molecule has 0 aromatic carbocycles. The molecular weight excluding hydrogens is 212 g/mol. The average molecular weight is 238 g/mol. The summed E-state index contributed by atoms with van der Waals surface area (Å²) in [5.74, 6) is 0.957. The molecule has 1 atom stereocenters. The lowest BCUT2D eigenvalue weighted by atomic mass is 9.86. The molecule has 0 spiro atoms. The van der Waals surface area contributed by atoms with Crippen LogP contribution < -0.4 is 5.73 Å². The monoisotopic (exact) mass is 238 g/mol. The van der Waals surface area contributed by atoms with Crippen molar-refractivity contribution in [2.24, 2.45) is 11.7 Å². The summed E-state index contributed by atoms with van der Waals surface area (Å²) in [6, 6.07) is 0.137. The number of hydrogen-bond donors (Lipinski definition) is 1. The Morgan fingerprint density at radius 1 is 1.24 bits per heavy atom. The van der Waals surface area contributed by atoms with Crippen LogP contribution in [0.25, 0.3) is 0 Å². The van der Waals surface area contributed by atoms with Gasteiger partial charge in [0.2, 0.25) is 5.91 Å². The first kappa shape index (κ1) is 12.9. The highest BCUT2D eigenvalue weighted by atomic mass is 16.2. The lowest BCUT2D eigenvalue weighted by molar-refractivity contribution is -0.135. The van der Waals surface area contributed by atoms with Gasteiger partial charge in [-0.1, -0.05) is 19.3 Å². The molecule has 1 aliphatic heterocycles. The number of carbonyl (C=O) groups excluding carboxylic acids is 1. The third kappa shape index (κ3) is 2.65. The highest BCUT2D eigenvalue weighted by Crippen LogP contribution is 2.31. The maximum Gasteiger partial charge on any atom is 0.223 e. The van der Waals surface area contributed by atoms with Gasteiger partial charge in [-0.2, -0.15) is 0 Å². The first-order chi connectivity index (χ1) is 8.01. The largest absolute Gasteiger partial charge is 0.336 e. The molecule has 1 saturated heterocycles. The molecule has 2 aliphatic rings. The fourth-order valence-corrected chi connectivity index (χ4v) is 3.30. The Hall–Kier alpha value is -0.570. The third-order valence-corrected chi connectivity index (χ3v) is 4.76. The molecule has 0 aromatic heterocycles.